The molecule has 1 N–H and O–H groups in total. The zero-order chi connectivity index (χ0) is 12.7. The fraction of sp³-hybridized carbons (Fsp3) is 0.500. The van der Waals surface area contributed by atoms with Crippen molar-refractivity contribution < 1.29 is 0 Å². The number of rotatable bonds is 7. The molecular formula is C14H23N3. The monoisotopic (exact) mass is 233 g/mol. The summed E-state index contributed by atoms with van der Waals surface area (Å²) in [6.45, 7) is 12.0. The van der Waals surface area contributed by atoms with Gasteiger partial charge in [-0.15, -0.1) is 0 Å². The molecule has 0 radical (unpaired) electrons. The summed E-state index contributed by atoms with van der Waals surface area (Å²) in [5, 5.41) is 3.13. The molecule has 3 nitrogen and oxygen atoms in total. The maximum atomic E-state index is 4.53. The Kier molecular flexibility index (Phi) is 5.87. The van der Waals surface area contributed by atoms with Crippen molar-refractivity contribution in [2.45, 2.75) is 20.4 Å². The van der Waals surface area contributed by atoms with Crippen LogP contribution in [0.5, 0.6) is 0 Å². The number of nitrogens with one attached hydrogen (secondary N) is 1. The predicted molar refractivity (Wildman–Crippen MR) is 73.0 cm³/mol. The summed E-state index contributed by atoms with van der Waals surface area (Å²) in [7, 11) is 1.95. The second-order valence-corrected chi connectivity index (χ2v) is 4.35. The van der Waals surface area contributed by atoms with Crippen LogP contribution < -0.4 is 5.32 Å². The Balaban J connectivity index is 2.54. The molecule has 0 amide bonds. The number of aromatic nitrogens is 1. The number of likely N-dealkylation sites (N-methyl/N-ethyl adjacent to an activating group) is 2. The molecule has 0 atom stereocenters. The number of pyridine rings is 1. The molecule has 0 bridgehead atoms. The van der Waals surface area contributed by atoms with Crippen molar-refractivity contribution in [3.05, 3.63) is 41.7 Å². The van der Waals surface area contributed by atoms with Gasteiger partial charge in [-0.1, -0.05) is 19.6 Å². The Labute approximate surface area is 105 Å². The van der Waals surface area contributed by atoms with Crippen LogP contribution in [0.4, 0.5) is 0 Å². The van der Waals surface area contributed by atoms with E-state index in [0.717, 1.165) is 37.6 Å². The summed E-state index contributed by atoms with van der Waals surface area (Å²) < 4.78 is 0. The quantitative estimate of drug-likeness (QED) is 0.730. The maximum absolute atomic E-state index is 4.53. The minimum absolute atomic E-state index is 0.873. The van der Waals surface area contributed by atoms with Crippen LogP contribution in [-0.2, 0) is 6.54 Å². The second-order valence-electron chi connectivity index (χ2n) is 4.35. The van der Waals surface area contributed by atoms with Gasteiger partial charge in [-0.2, -0.15) is 0 Å². The van der Waals surface area contributed by atoms with E-state index in [1.165, 1.54) is 5.57 Å². The Morgan fingerprint density at radius 1 is 1.47 bits per heavy atom. The standard InChI is InChI=1S/C14H23N3/c1-5-17(10-12(2)9-15-4)11-14-8-6-7-13(3)16-14/h6-8,15H,2,5,9-11H2,1,3-4H3. The van der Waals surface area contributed by atoms with Gasteiger partial charge in [0.25, 0.3) is 0 Å². The average molecular weight is 233 g/mol. The van der Waals surface area contributed by atoms with Crippen LogP contribution in [0.3, 0.4) is 0 Å². The van der Waals surface area contributed by atoms with E-state index >= 15 is 0 Å². The molecule has 17 heavy (non-hydrogen) atoms. The first kappa shape index (κ1) is 13.9. The molecular weight excluding hydrogens is 210 g/mol. The van der Waals surface area contributed by atoms with Crippen LogP contribution in [0.1, 0.15) is 18.3 Å². The van der Waals surface area contributed by atoms with Gasteiger partial charge in [-0.3, -0.25) is 9.88 Å². The SMILES string of the molecule is C=C(CNC)CN(CC)Cc1cccc(C)n1. The van der Waals surface area contributed by atoms with Crippen molar-refractivity contribution in [3.8, 4) is 0 Å². The van der Waals surface area contributed by atoms with Gasteiger partial charge in [0.15, 0.2) is 0 Å². The maximum Gasteiger partial charge on any atom is 0.0547 e. The Morgan fingerprint density at radius 3 is 2.82 bits per heavy atom. The predicted octanol–water partition coefficient (Wildman–Crippen LogP) is 1.99. The molecule has 0 saturated heterocycles. The van der Waals surface area contributed by atoms with Crippen LogP contribution in [0.25, 0.3) is 0 Å². The number of hydrogen-bond donors (Lipinski definition) is 1. The smallest absolute Gasteiger partial charge is 0.0547 e. The van der Waals surface area contributed by atoms with Gasteiger partial charge in [0.1, 0.15) is 0 Å². The molecule has 3 heteroatoms. The summed E-state index contributed by atoms with van der Waals surface area (Å²) in [6, 6.07) is 6.17. The Morgan fingerprint density at radius 2 is 2.24 bits per heavy atom. The largest absolute Gasteiger partial charge is 0.316 e. The van der Waals surface area contributed by atoms with Crippen LogP contribution in [-0.4, -0.2) is 36.6 Å². The molecule has 0 fully saturated rings. The lowest BCUT2D eigenvalue weighted by Crippen LogP contribution is -2.28. The molecule has 0 aliphatic rings. The molecule has 1 aromatic rings. The minimum atomic E-state index is 0.873. The highest BCUT2D eigenvalue weighted by atomic mass is 15.1. The number of aryl methyl sites for hydroxylation is 1. The van der Waals surface area contributed by atoms with E-state index in [1.54, 1.807) is 0 Å². The Bertz CT molecular complexity index is 360. The van der Waals surface area contributed by atoms with Gasteiger partial charge in [0.2, 0.25) is 0 Å². The summed E-state index contributed by atoms with van der Waals surface area (Å²) in [6.07, 6.45) is 0. The van der Waals surface area contributed by atoms with Crippen molar-refractivity contribution in [2.75, 3.05) is 26.7 Å². The number of nitrogens with zero attached hydrogens (tertiary/aromatic N) is 2. The van der Waals surface area contributed by atoms with Crippen LogP contribution in [0.15, 0.2) is 30.4 Å². The lowest BCUT2D eigenvalue weighted by molar-refractivity contribution is 0.298. The van der Waals surface area contributed by atoms with Gasteiger partial charge in [-0.25, -0.2) is 0 Å². The zero-order valence-corrected chi connectivity index (χ0v) is 11.2. The highest BCUT2D eigenvalue weighted by molar-refractivity contribution is 5.10. The van der Waals surface area contributed by atoms with E-state index in [9.17, 15) is 0 Å². The third kappa shape index (κ3) is 5.11. The van der Waals surface area contributed by atoms with Crippen molar-refractivity contribution in [3.63, 3.8) is 0 Å². The second kappa shape index (κ2) is 7.20. The molecule has 0 unspecified atom stereocenters. The van der Waals surface area contributed by atoms with Gasteiger partial charge < -0.3 is 5.32 Å². The first-order valence-corrected chi connectivity index (χ1v) is 6.11. The van der Waals surface area contributed by atoms with Crippen molar-refractivity contribution in [2.24, 2.45) is 0 Å². The highest BCUT2D eigenvalue weighted by Crippen LogP contribution is 2.05. The van der Waals surface area contributed by atoms with Gasteiger partial charge in [0.05, 0.1) is 5.69 Å². The molecule has 1 rings (SSSR count). The first-order chi connectivity index (χ1) is 8.15. The lowest BCUT2D eigenvalue weighted by atomic mass is 10.2. The molecule has 0 spiro atoms. The van der Waals surface area contributed by atoms with Gasteiger partial charge in [0, 0.05) is 25.3 Å². The topological polar surface area (TPSA) is 28.2 Å². The van der Waals surface area contributed by atoms with Crippen LogP contribution in [0, 0.1) is 6.92 Å². The first-order valence-electron chi connectivity index (χ1n) is 6.11. The fourth-order valence-electron chi connectivity index (χ4n) is 1.82. The Hall–Kier alpha value is -1.19. The number of hydrogen-bond acceptors (Lipinski definition) is 3. The average Bonchev–Trinajstić information content (AvgIpc) is 2.28. The van der Waals surface area contributed by atoms with Crippen LogP contribution in [0.2, 0.25) is 0 Å². The third-order valence-corrected chi connectivity index (χ3v) is 2.65. The highest BCUT2D eigenvalue weighted by Gasteiger charge is 2.06. The van der Waals surface area contributed by atoms with E-state index in [4.69, 9.17) is 0 Å². The molecule has 94 valence electrons. The summed E-state index contributed by atoms with van der Waals surface area (Å²) >= 11 is 0. The zero-order valence-electron chi connectivity index (χ0n) is 11.2. The third-order valence-electron chi connectivity index (χ3n) is 2.65. The lowest BCUT2D eigenvalue weighted by Gasteiger charge is -2.21. The molecule has 1 aromatic heterocycles. The van der Waals surface area contributed by atoms with E-state index in [1.807, 2.05) is 20.0 Å². The summed E-state index contributed by atoms with van der Waals surface area (Å²) in [5.74, 6) is 0. The van der Waals surface area contributed by atoms with Crippen molar-refractivity contribution in [1.82, 2.24) is 15.2 Å². The minimum Gasteiger partial charge on any atom is -0.316 e. The summed E-state index contributed by atoms with van der Waals surface area (Å²) in [4.78, 5) is 6.88. The van der Waals surface area contributed by atoms with Crippen molar-refractivity contribution in [1.29, 1.82) is 0 Å². The molecule has 0 saturated carbocycles. The normalized spacial score (nSPS) is 10.8. The van der Waals surface area contributed by atoms with Crippen LogP contribution >= 0.6 is 0 Å². The molecule has 0 aliphatic carbocycles. The van der Waals surface area contributed by atoms with Crippen molar-refractivity contribution >= 4 is 0 Å². The van der Waals surface area contributed by atoms with Gasteiger partial charge in [-0.05, 0) is 38.2 Å². The fourth-order valence-corrected chi connectivity index (χ4v) is 1.82. The van der Waals surface area contributed by atoms with Gasteiger partial charge >= 0.3 is 0 Å². The summed E-state index contributed by atoms with van der Waals surface area (Å²) in [5.41, 5.74) is 3.42. The van der Waals surface area contributed by atoms with E-state index in [0.29, 0.717) is 0 Å². The molecule has 1 heterocycles. The van der Waals surface area contributed by atoms with E-state index in [-0.39, 0.29) is 0 Å². The van der Waals surface area contributed by atoms with E-state index < -0.39 is 0 Å². The molecule has 0 aliphatic heterocycles. The van der Waals surface area contributed by atoms with E-state index in [2.05, 4.69) is 40.8 Å². The molecule has 0 aromatic carbocycles.